The molecule has 0 fully saturated rings. The molecule has 1 aliphatic heterocycles. The van der Waals surface area contributed by atoms with E-state index >= 15 is 0 Å². The topological polar surface area (TPSA) is 69.4 Å². The molecule has 0 radical (unpaired) electrons. The van der Waals surface area contributed by atoms with E-state index < -0.39 is 17.9 Å². The Morgan fingerprint density at radius 2 is 2.12 bits per heavy atom. The van der Waals surface area contributed by atoms with E-state index in [-0.39, 0.29) is 11.3 Å². The molecule has 0 saturated carbocycles. The Kier molecular flexibility index (Phi) is 2.01. The average molecular weight is 231 g/mol. The molecular weight excluding hydrogens is 222 g/mol. The zero-order valence-electron chi connectivity index (χ0n) is 8.83. The number of para-hydroxylation sites is 1. The largest absolute Gasteiger partial charge is 0.423 e. The second kappa shape index (κ2) is 3.41. The molecule has 1 heterocycles. The number of carbonyl (C=O) groups excluding carboxylic acids is 1. The van der Waals surface area contributed by atoms with Gasteiger partial charge >= 0.3 is 5.97 Å². The molecule has 0 aromatic heterocycles. The van der Waals surface area contributed by atoms with Crippen LogP contribution < -0.4 is 4.74 Å². The maximum atomic E-state index is 11.7. The number of rotatable bonds is 1. The molecule has 5 heteroatoms. The van der Waals surface area contributed by atoms with Gasteiger partial charge in [-0.2, -0.15) is 0 Å². The van der Waals surface area contributed by atoms with Gasteiger partial charge in [0.05, 0.1) is 5.92 Å². The normalized spacial score (nSPS) is 25.6. The van der Waals surface area contributed by atoms with Crippen LogP contribution in [0.1, 0.15) is 17.9 Å². The molecule has 5 nitrogen and oxygen atoms in total. The summed E-state index contributed by atoms with van der Waals surface area (Å²) < 4.78 is 5.14. The van der Waals surface area contributed by atoms with E-state index in [0.717, 1.165) is 5.56 Å². The van der Waals surface area contributed by atoms with Crippen molar-refractivity contribution in [2.75, 3.05) is 0 Å². The zero-order valence-corrected chi connectivity index (χ0v) is 8.83. The molecular formula is C12H9NO4. The van der Waals surface area contributed by atoms with Crippen LogP contribution in [0, 0.1) is 10.1 Å². The third-order valence-electron chi connectivity index (χ3n) is 3.26. The molecule has 2 atom stereocenters. The first kappa shape index (κ1) is 10.0. The summed E-state index contributed by atoms with van der Waals surface area (Å²) in [5.41, 5.74) is 1.16. The Morgan fingerprint density at radius 1 is 1.35 bits per heavy atom. The van der Waals surface area contributed by atoms with Crippen LogP contribution in [-0.4, -0.2) is 16.9 Å². The standard InChI is InChI=1S/C12H9NO4/c14-12-8-5-6-9(13(15)16)11(8)7-3-1-2-4-10(7)17-12/h1-5,9,11H,6H2/t9-,11-/m0/s1. The van der Waals surface area contributed by atoms with Crippen molar-refractivity contribution in [3.63, 3.8) is 0 Å². The van der Waals surface area contributed by atoms with Crippen LogP contribution >= 0.6 is 0 Å². The van der Waals surface area contributed by atoms with Crippen LogP contribution in [0.15, 0.2) is 35.9 Å². The highest BCUT2D eigenvalue weighted by Crippen LogP contribution is 2.44. The molecule has 0 unspecified atom stereocenters. The fourth-order valence-corrected chi connectivity index (χ4v) is 2.50. The van der Waals surface area contributed by atoms with Crippen LogP contribution in [-0.2, 0) is 4.79 Å². The number of fused-ring (bicyclic) bond motifs is 3. The third kappa shape index (κ3) is 1.35. The highest BCUT2D eigenvalue weighted by atomic mass is 16.6. The minimum Gasteiger partial charge on any atom is -0.423 e. The third-order valence-corrected chi connectivity index (χ3v) is 3.26. The number of ether oxygens (including phenoxy) is 1. The summed E-state index contributed by atoms with van der Waals surface area (Å²) in [5.74, 6) is -0.478. The number of benzene rings is 1. The van der Waals surface area contributed by atoms with E-state index in [1.807, 2.05) is 0 Å². The highest BCUT2D eigenvalue weighted by Gasteiger charge is 2.46. The van der Waals surface area contributed by atoms with E-state index in [1.54, 1.807) is 30.3 Å². The summed E-state index contributed by atoms with van der Waals surface area (Å²) in [6, 6.07) is 6.24. The Labute approximate surface area is 96.8 Å². The first-order valence-corrected chi connectivity index (χ1v) is 5.33. The van der Waals surface area contributed by atoms with Gasteiger partial charge in [-0.3, -0.25) is 10.1 Å². The summed E-state index contributed by atoms with van der Waals surface area (Å²) in [4.78, 5) is 22.4. The second-order valence-corrected chi connectivity index (χ2v) is 4.15. The number of hydrogen-bond donors (Lipinski definition) is 0. The minimum absolute atomic E-state index is 0.288. The molecule has 0 saturated heterocycles. The molecule has 0 spiro atoms. The summed E-state index contributed by atoms with van der Waals surface area (Å²) in [5, 5.41) is 11.0. The molecule has 0 bridgehead atoms. The van der Waals surface area contributed by atoms with Crippen LogP contribution in [0.2, 0.25) is 0 Å². The molecule has 1 aromatic carbocycles. The van der Waals surface area contributed by atoms with Crippen molar-refractivity contribution in [1.82, 2.24) is 0 Å². The fourth-order valence-electron chi connectivity index (χ4n) is 2.50. The van der Waals surface area contributed by atoms with E-state index in [0.29, 0.717) is 11.3 Å². The summed E-state index contributed by atoms with van der Waals surface area (Å²) in [7, 11) is 0. The number of carbonyl (C=O) groups is 1. The lowest BCUT2D eigenvalue weighted by Crippen LogP contribution is -2.31. The van der Waals surface area contributed by atoms with Gasteiger partial charge in [0.1, 0.15) is 5.75 Å². The van der Waals surface area contributed by atoms with Crippen LogP contribution in [0.25, 0.3) is 0 Å². The first-order valence-electron chi connectivity index (χ1n) is 5.33. The van der Waals surface area contributed by atoms with Crippen molar-refractivity contribution >= 4 is 5.97 Å². The molecule has 0 amide bonds. The lowest BCUT2D eigenvalue weighted by Gasteiger charge is -2.24. The van der Waals surface area contributed by atoms with Gasteiger partial charge in [-0.1, -0.05) is 24.3 Å². The van der Waals surface area contributed by atoms with Gasteiger partial charge in [-0.25, -0.2) is 4.79 Å². The summed E-state index contributed by atoms with van der Waals surface area (Å²) >= 11 is 0. The van der Waals surface area contributed by atoms with Crippen molar-refractivity contribution in [2.24, 2.45) is 0 Å². The number of esters is 1. The predicted molar refractivity (Wildman–Crippen MR) is 58.3 cm³/mol. The lowest BCUT2D eigenvalue weighted by molar-refractivity contribution is -0.522. The Bertz CT molecular complexity index is 549. The highest BCUT2D eigenvalue weighted by molar-refractivity contribution is 5.95. The van der Waals surface area contributed by atoms with Gasteiger partial charge < -0.3 is 4.74 Å². The average Bonchev–Trinajstić information content (AvgIpc) is 2.74. The van der Waals surface area contributed by atoms with Gasteiger partial charge in [0.2, 0.25) is 6.04 Å². The molecule has 1 aromatic rings. The van der Waals surface area contributed by atoms with Gasteiger partial charge in [0.15, 0.2) is 0 Å². The molecule has 1 aliphatic carbocycles. The minimum atomic E-state index is -0.751. The molecule has 17 heavy (non-hydrogen) atoms. The van der Waals surface area contributed by atoms with Crippen molar-refractivity contribution in [3.8, 4) is 5.75 Å². The first-order chi connectivity index (χ1) is 8.18. The van der Waals surface area contributed by atoms with Crippen LogP contribution in [0.3, 0.4) is 0 Å². The predicted octanol–water partition coefficient (Wildman–Crippen LogP) is 1.66. The van der Waals surface area contributed by atoms with Gasteiger partial charge in [-0.05, 0) is 6.07 Å². The number of nitro groups is 1. The summed E-state index contributed by atoms with van der Waals surface area (Å²) in [6.07, 6.45) is 1.91. The summed E-state index contributed by atoms with van der Waals surface area (Å²) in [6.45, 7) is 0. The monoisotopic (exact) mass is 231 g/mol. The van der Waals surface area contributed by atoms with Crippen molar-refractivity contribution in [3.05, 3.63) is 51.6 Å². The zero-order chi connectivity index (χ0) is 12.0. The van der Waals surface area contributed by atoms with Crippen molar-refractivity contribution in [1.29, 1.82) is 0 Å². The Morgan fingerprint density at radius 3 is 2.88 bits per heavy atom. The molecule has 2 aliphatic rings. The SMILES string of the molecule is O=C1Oc2ccccc2[C@H]2C1=CC[C@@H]2[N+](=O)[O-]. The van der Waals surface area contributed by atoms with Crippen LogP contribution in [0.4, 0.5) is 0 Å². The van der Waals surface area contributed by atoms with E-state index in [1.165, 1.54) is 0 Å². The van der Waals surface area contributed by atoms with Crippen molar-refractivity contribution < 1.29 is 14.5 Å². The maximum Gasteiger partial charge on any atom is 0.339 e. The van der Waals surface area contributed by atoms with E-state index in [9.17, 15) is 14.9 Å². The molecule has 86 valence electrons. The Balaban J connectivity index is 2.14. The fraction of sp³-hybridized carbons (Fsp3) is 0.250. The second-order valence-electron chi connectivity index (χ2n) is 4.15. The number of hydrogen-bond acceptors (Lipinski definition) is 4. The van der Waals surface area contributed by atoms with Crippen LogP contribution in [0.5, 0.6) is 5.75 Å². The maximum absolute atomic E-state index is 11.7. The van der Waals surface area contributed by atoms with Gasteiger partial charge in [0.25, 0.3) is 0 Å². The number of nitrogens with zero attached hydrogens (tertiary/aromatic N) is 1. The van der Waals surface area contributed by atoms with Gasteiger partial charge in [-0.15, -0.1) is 0 Å². The molecule has 3 rings (SSSR count). The lowest BCUT2D eigenvalue weighted by atomic mass is 9.87. The Hall–Kier alpha value is -2.17. The molecule has 0 N–H and O–H groups in total. The van der Waals surface area contributed by atoms with Gasteiger partial charge in [0, 0.05) is 22.5 Å². The smallest absolute Gasteiger partial charge is 0.339 e. The van der Waals surface area contributed by atoms with E-state index in [2.05, 4.69) is 0 Å². The van der Waals surface area contributed by atoms with E-state index in [4.69, 9.17) is 4.74 Å². The van der Waals surface area contributed by atoms with Crippen molar-refractivity contribution in [2.45, 2.75) is 18.4 Å². The quantitative estimate of drug-likeness (QED) is 0.319.